The molecule has 26 heavy (non-hydrogen) atoms. The van der Waals surface area contributed by atoms with Crippen molar-refractivity contribution < 1.29 is 9.47 Å². The number of aromatic nitrogens is 2. The minimum atomic E-state index is -0.455. The Morgan fingerprint density at radius 3 is 2.58 bits per heavy atom. The van der Waals surface area contributed by atoms with E-state index in [9.17, 15) is 9.59 Å². The molecule has 0 radical (unpaired) electrons. The molecule has 0 fully saturated rings. The maximum absolute atomic E-state index is 12.6. The SMILES string of the molecule is CN(C)/C=C/c1c(N=Cc2ccc3c(c2)OCO3)c(=O)n(C)c(=O)n1C. The Bertz CT molecular complexity index is 1020. The minimum absolute atomic E-state index is 0.186. The molecule has 0 bridgehead atoms. The molecule has 3 rings (SSSR count). The van der Waals surface area contributed by atoms with Gasteiger partial charge in [-0.3, -0.25) is 13.9 Å². The number of ether oxygens (including phenoxy) is 2. The van der Waals surface area contributed by atoms with Crippen LogP contribution in [0, 0.1) is 0 Å². The lowest BCUT2D eigenvalue weighted by molar-refractivity contribution is 0.174. The number of aliphatic imine (C=N–C) groups is 1. The maximum atomic E-state index is 12.6. The quantitative estimate of drug-likeness (QED) is 0.767. The first-order valence-corrected chi connectivity index (χ1v) is 7.97. The van der Waals surface area contributed by atoms with E-state index in [-0.39, 0.29) is 12.5 Å². The fourth-order valence-electron chi connectivity index (χ4n) is 2.51. The first kappa shape index (κ1) is 17.5. The molecular weight excluding hydrogens is 336 g/mol. The third-order valence-corrected chi connectivity index (χ3v) is 3.95. The molecular formula is C18H20N4O4. The van der Waals surface area contributed by atoms with Gasteiger partial charge in [0.05, 0.1) is 5.69 Å². The van der Waals surface area contributed by atoms with E-state index >= 15 is 0 Å². The first-order chi connectivity index (χ1) is 12.4. The third-order valence-electron chi connectivity index (χ3n) is 3.95. The van der Waals surface area contributed by atoms with Gasteiger partial charge in [-0.15, -0.1) is 0 Å². The van der Waals surface area contributed by atoms with E-state index in [2.05, 4.69) is 4.99 Å². The zero-order valence-electron chi connectivity index (χ0n) is 15.1. The smallest absolute Gasteiger partial charge is 0.331 e. The van der Waals surface area contributed by atoms with Crippen LogP contribution in [0.15, 0.2) is 39.0 Å². The number of benzene rings is 1. The number of hydrogen-bond donors (Lipinski definition) is 0. The van der Waals surface area contributed by atoms with Crippen LogP contribution in [0.1, 0.15) is 11.3 Å². The van der Waals surface area contributed by atoms with Crippen LogP contribution in [0.2, 0.25) is 0 Å². The van der Waals surface area contributed by atoms with Gasteiger partial charge >= 0.3 is 5.69 Å². The van der Waals surface area contributed by atoms with Crippen molar-refractivity contribution in [1.82, 2.24) is 14.0 Å². The van der Waals surface area contributed by atoms with Crippen LogP contribution in [0.4, 0.5) is 5.69 Å². The van der Waals surface area contributed by atoms with Gasteiger partial charge in [-0.2, -0.15) is 0 Å². The lowest BCUT2D eigenvalue weighted by atomic mass is 10.2. The summed E-state index contributed by atoms with van der Waals surface area (Å²) in [6.45, 7) is 0.191. The topological polar surface area (TPSA) is 78.1 Å². The van der Waals surface area contributed by atoms with Crippen molar-refractivity contribution in [3.05, 3.63) is 56.5 Å². The second-order valence-corrected chi connectivity index (χ2v) is 6.09. The van der Waals surface area contributed by atoms with Crippen LogP contribution in [0.3, 0.4) is 0 Å². The lowest BCUT2D eigenvalue weighted by Crippen LogP contribution is -2.37. The molecule has 1 aliphatic heterocycles. The molecule has 1 aliphatic rings. The standard InChI is InChI=1S/C18H20N4O4/c1-20(2)8-7-13-16(17(23)22(4)18(24)21(13)3)19-10-12-5-6-14-15(9-12)26-11-25-14/h5-10H,11H2,1-4H3/b8-7+,19-10?. The second kappa shape index (κ2) is 6.91. The van der Waals surface area contributed by atoms with Crippen LogP contribution in [-0.2, 0) is 14.1 Å². The zero-order chi connectivity index (χ0) is 18.8. The van der Waals surface area contributed by atoms with Crippen LogP contribution < -0.4 is 20.7 Å². The fraction of sp³-hybridized carbons (Fsp3) is 0.278. The summed E-state index contributed by atoms with van der Waals surface area (Å²) >= 11 is 0. The van der Waals surface area contributed by atoms with Crippen molar-refractivity contribution in [2.24, 2.45) is 19.1 Å². The van der Waals surface area contributed by atoms with E-state index in [1.54, 1.807) is 37.7 Å². The highest BCUT2D eigenvalue weighted by molar-refractivity contribution is 5.84. The van der Waals surface area contributed by atoms with Gasteiger partial charge in [0, 0.05) is 40.6 Å². The second-order valence-electron chi connectivity index (χ2n) is 6.09. The summed E-state index contributed by atoms with van der Waals surface area (Å²) < 4.78 is 13.1. The summed E-state index contributed by atoms with van der Waals surface area (Å²) in [7, 11) is 6.75. The Morgan fingerprint density at radius 1 is 1.12 bits per heavy atom. The first-order valence-electron chi connectivity index (χ1n) is 7.97. The Morgan fingerprint density at radius 2 is 1.85 bits per heavy atom. The number of fused-ring (bicyclic) bond motifs is 1. The van der Waals surface area contributed by atoms with Gasteiger partial charge in [0.15, 0.2) is 17.2 Å². The zero-order valence-corrected chi connectivity index (χ0v) is 15.1. The Hall–Kier alpha value is -3.29. The maximum Gasteiger partial charge on any atom is 0.331 e. The van der Waals surface area contributed by atoms with E-state index in [0.29, 0.717) is 17.2 Å². The molecule has 136 valence electrons. The Balaban J connectivity index is 2.08. The highest BCUT2D eigenvalue weighted by Crippen LogP contribution is 2.32. The van der Waals surface area contributed by atoms with Crippen LogP contribution in [-0.4, -0.2) is 41.1 Å². The summed E-state index contributed by atoms with van der Waals surface area (Å²) in [6.07, 6.45) is 5.01. The Labute approximate surface area is 150 Å². The highest BCUT2D eigenvalue weighted by Gasteiger charge is 2.14. The van der Waals surface area contributed by atoms with Crippen molar-refractivity contribution in [2.75, 3.05) is 20.9 Å². The van der Waals surface area contributed by atoms with Crippen molar-refractivity contribution in [3.8, 4) is 11.5 Å². The van der Waals surface area contributed by atoms with Crippen LogP contribution in [0.5, 0.6) is 11.5 Å². The number of hydrogen-bond acceptors (Lipinski definition) is 6. The van der Waals surface area contributed by atoms with Crippen LogP contribution in [0.25, 0.3) is 6.08 Å². The average Bonchev–Trinajstić information content (AvgIpc) is 3.08. The molecule has 8 nitrogen and oxygen atoms in total. The van der Waals surface area contributed by atoms with E-state index in [4.69, 9.17) is 9.47 Å². The van der Waals surface area contributed by atoms with Gasteiger partial charge in [0.25, 0.3) is 5.56 Å². The van der Waals surface area contributed by atoms with Crippen molar-refractivity contribution in [3.63, 3.8) is 0 Å². The fourth-order valence-corrected chi connectivity index (χ4v) is 2.51. The van der Waals surface area contributed by atoms with E-state index in [1.165, 1.54) is 11.6 Å². The predicted octanol–water partition coefficient (Wildman–Crippen LogP) is 1.10. The number of rotatable bonds is 4. The number of nitrogens with zero attached hydrogens (tertiary/aromatic N) is 4. The van der Waals surface area contributed by atoms with Gasteiger partial charge in [-0.25, -0.2) is 9.79 Å². The molecule has 2 aromatic rings. The molecule has 1 aromatic carbocycles. The molecule has 0 unspecified atom stereocenters. The van der Waals surface area contributed by atoms with Crippen molar-refractivity contribution >= 4 is 18.0 Å². The highest BCUT2D eigenvalue weighted by atomic mass is 16.7. The molecule has 1 aromatic heterocycles. The average molecular weight is 356 g/mol. The molecule has 2 heterocycles. The van der Waals surface area contributed by atoms with Crippen LogP contribution >= 0.6 is 0 Å². The van der Waals surface area contributed by atoms with Gasteiger partial charge < -0.3 is 14.4 Å². The normalized spacial score (nSPS) is 13.1. The molecule has 0 aliphatic carbocycles. The summed E-state index contributed by atoms with van der Waals surface area (Å²) in [6, 6.07) is 5.39. The summed E-state index contributed by atoms with van der Waals surface area (Å²) in [5.74, 6) is 1.31. The Kier molecular flexibility index (Phi) is 4.66. The third kappa shape index (κ3) is 3.26. The molecule has 0 atom stereocenters. The monoisotopic (exact) mass is 356 g/mol. The molecule has 0 saturated heterocycles. The van der Waals surface area contributed by atoms with Gasteiger partial charge in [0.2, 0.25) is 6.79 Å². The molecule has 0 spiro atoms. The van der Waals surface area contributed by atoms with Gasteiger partial charge in [0.1, 0.15) is 0 Å². The van der Waals surface area contributed by atoms with E-state index in [0.717, 1.165) is 10.1 Å². The summed E-state index contributed by atoms with van der Waals surface area (Å²) in [5, 5.41) is 0. The predicted molar refractivity (Wildman–Crippen MR) is 99.5 cm³/mol. The molecule has 0 N–H and O–H groups in total. The van der Waals surface area contributed by atoms with E-state index < -0.39 is 11.2 Å². The minimum Gasteiger partial charge on any atom is -0.454 e. The van der Waals surface area contributed by atoms with Gasteiger partial charge in [-0.05, 0) is 29.8 Å². The molecule has 0 saturated carbocycles. The molecule has 8 heteroatoms. The largest absolute Gasteiger partial charge is 0.454 e. The summed E-state index contributed by atoms with van der Waals surface area (Å²) in [4.78, 5) is 30.9. The van der Waals surface area contributed by atoms with E-state index in [1.807, 2.05) is 25.1 Å². The van der Waals surface area contributed by atoms with Crippen molar-refractivity contribution in [1.29, 1.82) is 0 Å². The van der Waals surface area contributed by atoms with Crippen molar-refractivity contribution in [2.45, 2.75) is 0 Å². The van der Waals surface area contributed by atoms with Gasteiger partial charge in [-0.1, -0.05) is 0 Å². The molecule has 0 amide bonds. The summed E-state index contributed by atoms with van der Waals surface area (Å²) in [5.41, 5.74) is 0.515. The lowest BCUT2D eigenvalue weighted by Gasteiger charge is -2.11.